The molecule has 136 valence electrons. The molecule has 7 heteroatoms. The van der Waals surface area contributed by atoms with Gasteiger partial charge in [0.05, 0.1) is 7.11 Å². The van der Waals surface area contributed by atoms with Crippen molar-refractivity contribution in [1.82, 2.24) is 15.3 Å². The standard InChI is InChI=1S/C19H23N5O2/c1-19(2,3)12-23-17-15(11-21-16(9-20)24-17)18(25)22-10-13-5-7-14(26-4)8-6-13/h5-8,11H,10,12H2,1-4H3,(H,22,25)(H,21,23,24). The van der Waals surface area contributed by atoms with Crippen LogP contribution in [-0.4, -0.2) is 29.5 Å². The van der Waals surface area contributed by atoms with Crippen molar-refractivity contribution in [2.45, 2.75) is 27.3 Å². The number of hydrogen-bond donors (Lipinski definition) is 2. The first-order valence-electron chi connectivity index (χ1n) is 8.24. The molecule has 1 aromatic carbocycles. The van der Waals surface area contributed by atoms with Gasteiger partial charge in [-0.05, 0) is 23.1 Å². The first-order chi connectivity index (χ1) is 12.3. The van der Waals surface area contributed by atoms with E-state index in [0.29, 0.717) is 24.5 Å². The lowest BCUT2D eigenvalue weighted by molar-refractivity contribution is 0.0951. The van der Waals surface area contributed by atoms with Crippen molar-refractivity contribution in [3.05, 3.63) is 47.4 Å². The molecular formula is C19H23N5O2. The molecule has 2 N–H and O–H groups in total. The van der Waals surface area contributed by atoms with Gasteiger partial charge in [-0.2, -0.15) is 5.26 Å². The highest BCUT2D eigenvalue weighted by Crippen LogP contribution is 2.18. The van der Waals surface area contributed by atoms with Crippen LogP contribution in [0.15, 0.2) is 30.5 Å². The molecule has 0 atom stereocenters. The molecule has 0 spiro atoms. The molecule has 2 aromatic rings. The highest BCUT2D eigenvalue weighted by Gasteiger charge is 2.17. The van der Waals surface area contributed by atoms with Gasteiger partial charge >= 0.3 is 0 Å². The van der Waals surface area contributed by atoms with E-state index in [1.54, 1.807) is 7.11 Å². The number of anilines is 1. The van der Waals surface area contributed by atoms with Crippen LogP contribution < -0.4 is 15.4 Å². The molecule has 2 rings (SSSR count). The summed E-state index contributed by atoms with van der Waals surface area (Å²) in [5.41, 5.74) is 1.24. The van der Waals surface area contributed by atoms with Crippen LogP contribution in [-0.2, 0) is 6.54 Å². The van der Waals surface area contributed by atoms with E-state index < -0.39 is 0 Å². The minimum Gasteiger partial charge on any atom is -0.497 e. The number of aromatic nitrogens is 2. The van der Waals surface area contributed by atoms with Crippen molar-refractivity contribution in [3.63, 3.8) is 0 Å². The predicted octanol–water partition coefficient (Wildman–Crippen LogP) is 2.74. The Kier molecular flexibility index (Phi) is 6.12. The number of nitriles is 1. The maximum absolute atomic E-state index is 12.5. The number of carbonyl (C=O) groups is 1. The van der Waals surface area contributed by atoms with Crippen molar-refractivity contribution in [2.24, 2.45) is 5.41 Å². The van der Waals surface area contributed by atoms with Crippen molar-refractivity contribution < 1.29 is 9.53 Å². The van der Waals surface area contributed by atoms with Crippen molar-refractivity contribution in [3.8, 4) is 11.8 Å². The van der Waals surface area contributed by atoms with Crippen LogP contribution in [0.4, 0.5) is 5.82 Å². The van der Waals surface area contributed by atoms with Crippen molar-refractivity contribution in [2.75, 3.05) is 19.0 Å². The monoisotopic (exact) mass is 353 g/mol. The van der Waals surface area contributed by atoms with Crippen molar-refractivity contribution in [1.29, 1.82) is 5.26 Å². The van der Waals surface area contributed by atoms with Crippen LogP contribution >= 0.6 is 0 Å². The van der Waals surface area contributed by atoms with Gasteiger partial charge in [0.25, 0.3) is 5.91 Å². The Morgan fingerprint density at radius 1 is 1.27 bits per heavy atom. The first kappa shape index (κ1) is 19.2. The second-order valence-corrected chi connectivity index (χ2v) is 7.01. The minimum atomic E-state index is -0.304. The Balaban J connectivity index is 2.12. The molecule has 1 amide bonds. The average molecular weight is 353 g/mol. The Labute approximate surface area is 153 Å². The van der Waals surface area contributed by atoms with Crippen LogP contribution in [0.2, 0.25) is 0 Å². The summed E-state index contributed by atoms with van der Waals surface area (Å²) in [6.45, 7) is 7.16. The zero-order valence-electron chi connectivity index (χ0n) is 15.5. The second-order valence-electron chi connectivity index (χ2n) is 7.01. The normalized spacial score (nSPS) is 10.7. The highest BCUT2D eigenvalue weighted by atomic mass is 16.5. The summed E-state index contributed by atoms with van der Waals surface area (Å²) in [5, 5.41) is 15.0. The molecule has 0 unspecified atom stereocenters. The van der Waals surface area contributed by atoms with Gasteiger partial charge in [-0.1, -0.05) is 32.9 Å². The molecule has 1 heterocycles. The fraction of sp³-hybridized carbons (Fsp3) is 0.368. The predicted molar refractivity (Wildman–Crippen MR) is 98.9 cm³/mol. The van der Waals surface area contributed by atoms with E-state index in [2.05, 4.69) is 41.4 Å². The van der Waals surface area contributed by atoms with E-state index in [9.17, 15) is 4.79 Å². The van der Waals surface area contributed by atoms with Gasteiger partial charge in [0.1, 0.15) is 23.2 Å². The van der Waals surface area contributed by atoms with E-state index in [4.69, 9.17) is 10.00 Å². The number of benzene rings is 1. The summed E-state index contributed by atoms with van der Waals surface area (Å²) in [4.78, 5) is 20.6. The summed E-state index contributed by atoms with van der Waals surface area (Å²) in [7, 11) is 1.60. The SMILES string of the molecule is COc1ccc(CNC(=O)c2cnc(C#N)nc2NCC(C)(C)C)cc1. The fourth-order valence-corrected chi connectivity index (χ4v) is 2.11. The molecular weight excluding hydrogens is 330 g/mol. The van der Waals surface area contributed by atoms with Gasteiger partial charge < -0.3 is 15.4 Å². The average Bonchev–Trinajstić information content (AvgIpc) is 2.64. The lowest BCUT2D eigenvalue weighted by atomic mass is 9.97. The van der Waals surface area contributed by atoms with Crippen LogP contribution in [0.1, 0.15) is 42.5 Å². The third kappa shape index (κ3) is 5.45. The summed E-state index contributed by atoms with van der Waals surface area (Å²) in [6, 6.07) is 9.33. The van der Waals surface area contributed by atoms with Gasteiger partial charge in [-0.25, -0.2) is 9.97 Å². The van der Waals surface area contributed by atoms with Crippen molar-refractivity contribution >= 4 is 11.7 Å². The van der Waals surface area contributed by atoms with Crippen LogP contribution in [0.5, 0.6) is 5.75 Å². The third-order valence-corrected chi connectivity index (χ3v) is 3.53. The number of hydrogen-bond acceptors (Lipinski definition) is 6. The van der Waals surface area contributed by atoms with Gasteiger partial charge in [-0.3, -0.25) is 4.79 Å². The van der Waals surface area contributed by atoms with E-state index in [-0.39, 0.29) is 17.1 Å². The summed E-state index contributed by atoms with van der Waals surface area (Å²) >= 11 is 0. The highest BCUT2D eigenvalue weighted by molar-refractivity contribution is 5.98. The van der Waals surface area contributed by atoms with Crippen LogP contribution in [0, 0.1) is 16.7 Å². The Bertz CT molecular complexity index is 804. The lowest BCUT2D eigenvalue weighted by Crippen LogP contribution is -2.26. The largest absolute Gasteiger partial charge is 0.497 e. The molecule has 0 fully saturated rings. The summed E-state index contributed by atoms with van der Waals surface area (Å²) < 4.78 is 5.12. The quantitative estimate of drug-likeness (QED) is 0.828. The molecule has 1 aromatic heterocycles. The molecule has 0 saturated heterocycles. The molecule has 26 heavy (non-hydrogen) atoms. The number of rotatable bonds is 6. The Morgan fingerprint density at radius 3 is 2.54 bits per heavy atom. The van der Waals surface area contributed by atoms with Crippen LogP contribution in [0.3, 0.4) is 0 Å². The van der Waals surface area contributed by atoms with E-state index in [1.165, 1.54) is 6.20 Å². The van der Waals surface area contributed by atoms with E-state index >= 15 is 0 Å². The van der Waals surface area contributed by atoms with Gasteiger partial charge in [-0.15, -0.1) is 0 Å². The molecule has 7 nitrogen and oxygen atoms in total. The van der Waals surface area contributed by atoms with Crippen LogP contribution in [0.25, 0.3) is 0 Å². The molecule has 0 saturated carbocycles. The topological polar surface area (TPSA) is 99.9 Å². The minimum absolute atomic E-state index is 0.00536. The molecule has 0 bridgehead atoms. The van der Waals surface area contributed by atoms with Gasteiger partial charge in [0.15, 0.2) is 0 Å². The molecule has 0 aliphatic carbocycles. The van der Waals surface area contributed by atoms with E-state index in [1.807, 2.05) is 30.3 Å². The fourth-order valence-electron chi connectivity index (χ4n) is 2.11. The number of nitrogens with one attached hydrogen (secondary N) is 2. The lowest BCUT2D eigenvalue weighted by Gasteiger charge is -2.20. The second kappa shape index (κ2) is 8.30. The Hall–Kier alpha value is -3.14. The Morgan fingerprint density at radius 2 is 1.96 bits per heavy atom. The maximum atomic E-state index is 12.5. The van der Waals surface area contributed by atoms with Gasteiger partial charge in [0.2, 0.25) is 5.82 Å². The number of amides is 1. The number of carbonyl (C=O) groups excluding carboxylic acids is 1. The first-order valence-corrected chi connectivity index (χ1v) is 8.24. The van der Waals surface area contributed by atoms with E-state index in [0.717, 1.165) is 11.3 Å². The smallest absolute Gasteiger partial charge is 0.256 e. The molecule has 0 aliphatic heterocycles. The number of ether oxygens (including phenoxy) is 1. The zero-order chi connectivity index (χ0) is 19.2. The maximum Gasteiger partial charge on any atom is 0.256 e. The summed E-state index contributed by atoms with van der Waals surface area (Å²) in [6.07, 6.45) is 1.37. The molecule has 0 radical (unpaired) electrons. The molecule has 0 aliphatic rings. The van der Waals surface area contributed by atoms with Gasteiger partial charge in [0, 0.05) is 19.3 Å². The zero-order valence-corrected chi connectivity index (χ0v) is 15.5. The number of methoxy groups -OCH3 is 1. The summed E-state index contributed by atoms with van der Waals surface area (Å²) in [5.74, 6) is 0.836. The number of nitrogens with zero attached hydrogens (tertiary/aromatic N) is 3. The third-order valence-electron chi connectivity index (χ3n) is 3.53.